The van der Waals surface area contributed by atoms with Gasteiger partial charge in [0.2, 0.25) is 12.6 Å². The Bertz CT molecular complexity index is 567. The molecule has 156 valence electrons. The Morgan fingerprint density at radius 3 is 1.57 bits per heavy atom. The standard InChI is InChI=1S/C18H26N2O8/c1-5-14(21)25-12(3)27-19-16(23)18(10-8-7-9-11-18)17(24)20-28-13(4)26-15(22)6-2/h5-6,12-13H,1-2,7-11H2,3-4H3,(H,19,23)(H,20,24). The fourth-order valence-electron chi connectivity index (χ4n) is 2.65. The van der Waals surface area contributed by atoms with E-state index >= 15 is 0 Å². The number of hydroxylamine groups is 2. The second kappa shape index (κ2) is 11.2. The van der Waals surface area contributed by atoms with Crippen LogP contribution in [0.1, 0.15) is 46.0 Å². The highest BCUT2D eigenvalue weighted by atomic mass is 16.8. The number of carbonyl (C=O) groups excluding carboxylic acids is 4. The van der Waals surface area contributed by atoms with Crippen molar-refractivity contribution < 1.29 is 38.3 Å². The summed E-state index contributed by atoms with van der Waals surface area (Å²) in [7, 11) is 0. The van der Waals surface area contributed by atoms with E-state index in [2.05, 4.69) is 24.1 Å². The zero-order chi connectivity index (χ0) is 21.2. The van der Waals surface area contributed by atoms with Crippen molar-refractivity contribution in [3.8, 4) is 0 Å². The molecule has 1 fully saturated rings. The number of nitrogens with one attached hydrogen (secondary N) is 2. The maximum atomic E-state index is 12.7. The molecule has 2 atom stereocenters. The van der Waals surface area contributed by atoms with Gasteiger partial charge in [0.05, 0.1) is 0 Å². The molecule has 1 saturated carbocycles. The number of hydrogen-bond donors (Lipinski definition) is 2. The first kappa shape index (κ1) is 23.3. The molecular formula is C18H26N2O8. The van der Waals surface area contributed by atoms with Gasteiger partial charge >= 0.3 is 11.9 Å². The molecule has 10 heteroatoms. The molecule has 0 radical (unpaired) electrons. The summed E-state index contributed by atoms with van der Waals surface area (Å²) in [6, 6.07) is 0. The van der Waals surface area contributed by atoms with Crippen molar-refractivity contribution in [3.63, 3.8) is 0 Å². The van der Waals surface area contributed by atoms with Gasteiger partial charge in [0.1, 0.15) is 5.41 Å². The minimum absolute atomic E-state index is 0.277. The molecule has 0 aromatic heterocycles. The van der Waals surface area contributed by atoms with E-state index in [4.69, 9.17) is 19.1 Å². The lowest BCUT2D eigenvalue weighted by molar-refractivity contribution is -0.200. The van der Waals surface area contributed by atoms with Crippen LogP contribution in [0.5, 0.6) is 0 Å². The molecule has 1 rings (SSSR count). The van der Waals surface area contributed by atoms with Gasteiger partial charge in [0.15, 0.2) is 0 Å². The molecule has 1 aliphatic carbocycles. The smallest absolute Gasteiger partial charge is 0.332 e. The summed E-state index contributed by atoms with van der Waals surface area (Å²) in [5, 5.41) is 0. The molecule has 1 aliphatic rings. The molecule has 2 unspecified atom stereocenters. The van der Waals surface area contributed by atoms with Crippen LogP contribution in [0.2, 0.25) is 0 Å². The third-order valence-electron chi connectivity index (χ3n) is 4.11. The highest BCUT2D eigenvalue weighted by molar-refractivity contribution is 6.04. The Morgan fingerprint density at radius 1 is 0.821 bits per heavy atom. The Kier molecular flexibility index (Phi) is 9.33. The van der Waals surface area contributed by atoms with Crippen LogP contribution in [-0.4, -0.2) is 36.3 Å². The van der Waals surface area contributed by atoms with Gasteiger partial charge in [-0.3, -0.25) is 9.59 Å². The molecule has 0 aliphatic heterocycles. The van der Waals surface area contributed by atoms with Crippen molar-refractivity contribution in [3.05, 3.63) is 25.3 Å². The molecule has 10 nitrogen and oxygen atoms in total. The van der Waals surface area contributed by atoms with Crippen LogP contribution < -0.4 is 11.0 Å². The third-order valence-corrected chi connectivity index (χ3v) is 4.11. The van der Waals surface area contributed by atoms with Gasteiger partial charge in [0.25, 0.3) is 11.8 Å². The van der Waals surface area contributed by atoms with Crippen LogP contribution in [0.3, 0.4) is 0 Å². The van der Waals surface area contributed by atoms with Crippen molar-refractivity contribution in [2.24, 2.45) is 5.41 Å². The summed E-state index contributed by atoms with van der Waals surface area (Å²) in [6.45, 7) is 9.30. The van der Waals surface area contributed by atoms with Gasteiger partial charge in [-0.15, -0.1) is 0 Å². The molecule has 2 amide bonds. The number of rotatable bonds is 10. The predicted molar refractivity (Wildman–Crippen MR) is 95.5 cm³/mol. The second-order valence-electron chi connectivity index (χ2n) is 6.16. The van der Waals surface area contributed by atoms with E-state index < -0.39 is 41.7 Å². The van der Waals surface area contributed by atoms with E-state index in [9.17, 15) is 19.2 Å². The summed E-state index contributed by atoms with van der Waals surface area (Å²) in [4.78, 5) is 57.6. The topological polar surface area (TPSA) is 129 Å². The van der Waals surface area contributed by atoms with Crippen LogP contribution in [0.15, 0.2) is 25.3 Å². The van der Waals surface area contributed by atoms with E-state index in [0.717, 1.165) is 18.6 Å². The van der Waals surface area contributed by atoms with E-state index in [-0.39, 0.29) is 12.8 Å². The summed E-state index contributed by atoms with van der Waals surface area (Å²) >= 11 is 0. The lowest BCUT2D eigenvalue weighted by atomic mass is 9.73. The fraction of sp³-hybridized carbons (Fsp3) is 0.556. The molecular weight excluding hydrogens is 372 g/mol. The lowest BCUT2D eigenvalue weighted by Crippen LogP contribution is -2.53. The first-order chi connectivity index (χ1) is 13.2. The molecule has 2 N–H and O–H groups in total. The summed E-state index contributed by atoms with van der Waals surface area (Å²) in [5.41, 5.74) is 2.91. The van der Waals surface area contributed by atoms with Gasteiger partial charge in [-0.25, -0.2) is 30.2 Å². The van der Waals surface area contributed by atoms with Crippen LogP contribution in [0.25, 0.3) is 0 Å². The molecule has 0 aromatic rings. The van der Waals surface area contributed by atoms with Crippen molar-refractivity contribution >= 4 is 23.8 Å². The Labute approximate surface area is 163 Å². The molecule has 0 spiro atoms. The summed E-state index contributed by atoms with van der Waals surface area (Å²) in [6.07, 6.45) is 2.50. The summed E-state index contributed by atoms with van der Waals surface area (Å²) < 4.78 is 9.56. The zero-order valence-corrected chi connectivity index (χ0v) is 16.0. The fourth-order valence-corrected chi connectivity index (χ4v) is 2.65. The third kappa shape index (κ3) is 6.78. The van der Waals surface area contributed by atoms with Gasteiger partial charge < -0.3 is 9.47 Å². The summed E-state index contributed by atoms with van der Waals surface area (Å²) in [5.74, 6) is -2.82. The number of amides is 2. The molecule has 28 heavy (non-hydrogen) atoms. The van der Waals surface area contributed by atoms with E-state index in [1.165, 1.54) is 13.8 Å². The van der Waals surface area contributed by atoms with Crippen molar-refractivity contribution in [2.45, 2.75) is 58.5 Å². The van der Waals surface area contributed by atoms with Crippen LogP contribution in [0.4, 0.5) is 0 Å². The Morgan fingerprint density at radius 2 is 1.21 bits per heavy atom. The second-order valence-corrected chi connectivity index (χ2v) is 6.16. The number of esters is 2. The Balaban J connectivity index is 2.70. The molecule has 0 aromatic carbocycles. The van der Waals surface area contributed by atoms with Crippen molar-refractivity contribution in [2.75, 3.05) is 0 Å². The first-order valence-corrected chi connectivity index (χ1v) is 8.83. The minimum atomic E-state index is -1.43. The first-order valence-electron chi connectivity index (χ1n) is 8.83. The monoisotopic (exact) mass is 398 g/mol. The number of ether oxygens (including phenoxy) is 2. The SMILES string of the molecule is C=CC(=O)OC(C)ONC(=O)C1(C(=O)NOC(C)OC(=O)C=C)CCCCC1. The maximum Gasteiger partial charge on any atom is 0.332 e. The van der Waals surface area contributed by atoms with E-state index in [1.54, 1.807) is 0 Å². The van der Waals surface area contributed by atoms with Crippen LogP contribution in [0, 0.1) is 5.41 Å². The minimum Gasteiger partial charge on any atom is -0.431 e. The predicted octanol–water partition coefficient (Wildman–Crippen LogP) is 1.18. The molecule has 0 saturated heterocycles. The maximum absolute atomic E-state index is 12.7. The largest absolute Gasteiger partial charge is 0.431 e. The van der Waals surface area contributed by atoms with Crippen molar-refractivity contribution in [1.29, 1.82) is 0 Å². The average Bonchev–Trinajstić information content (AvgIpc) is 2.70. The van der Waals surface area contributed by atoms with Gasteiger partial charge in [-0.2, -0.15) is 0 Å². The van der Waals surface area contributed by atoms with Gasteiger partial charge in [-0.05, 0) is 12.8 Å². The van der Waals surface area contributed by atoms with Gasteiger partial charge in [-0.1, -0.05) is 32.4 Å². The normalized spacial score (nSPS) is 17.4. The quantitative estimate of drug-likeness (QED) is 0.185. The zero-order valence-electron chi connectivity index (χ0n) is 16.0. The number of carbonyl (C=O) groups is 4. The van der Waals surface area contributed by atoms with Crippen LogP contribution >= 0.6 is 0 Å². The molecule has 0 heterocycles. The number of hydrogen-bond acceptors (Lipinski definition) is 8. The van der Waals surface area contributed by atoms with E-state index in [1.807, 2.05) is 0 Å². The highest BCUT2D eigenvalue weighted by Crippen LogP contribution is 2.37. The molecule has 0 bridgehead atoms. The van der Waals surface area contributed by atoms with E-state index in [0.29, 0.717) is 12.8 Å². The highest BCUT2D eigenvalue weighted by Gasteiger charge is 2.47. The van der Waals surface area contributed by atoms with Gasteiger partial charge in [0, 0.05) is 26.0 Å². The lowest BCUT2D eigenvalue weighted by Gasteiger charge is -2.34. The van der Waals surface area contributed by atoms with Crippen LogP contribution in [-0.2, 0) is 38.3 Å². The Hall–Kier alpha value is -2.72. The van der Waals surface area contributed by atoms with Crippen molar-refractivity contribution in [1.82, 2.24) is 11.0 Å². The average molecular weight is 398 g/mol.